The van der Waals surface area contributed by atoms with Gasteiger partial charge in [-0.05, 0) is 42.1 Å². The lowest BCUT2D eigenvalue weighted by Crippen LogP contribution is -2.40. The van der Waals surface area contributed by atoms with Gasteiger partial charge in [0.05, 0.1) is 29.6 Å². The summed E-state index contributed by atoms with van der Waals surface area (Å²) in [5.41, 5.74) is 1.01. The number of amides is 1. The van der Waals surface area contributed by atoms with Crippen LogP contribution < -0.4 is 16.6 Å². The number of ether oxygens (including phenoxy) is 1. The van der Waals surface area contributed by atoms with Crippen LogP contribution in [0.3, 0.4) is 0 Å². The number of nitrogens with zero attached hydrogens (tertiary/aromatic N) is 2. The van der Waals surface area contributed by atoms with Crippen LogP contribution in [0.25, 0.3) is 15.9 Å². The van der Waals surface area contributed by atoms with E-state index < -0.39 is 23.1 Å². The van der Waals surface area contributed by atoms with Gasteiger partial charge < -0.3 is 10.1 Å². The number of thiophene rings is 1. The largest absolute Gasteiger partial charge is 0.465 e. The zero-order valence-electron chi connectivity index (χ0n) is 17.3. The number of rotatable bonds is 5. The minimum Gasteiger partial charge on any atom is -0.465 e. The smallest absolute Gasteiger partial charge is 0.339 e. The third-order valence-electron chi connectivity index (χ3n) is 5.02. The van der Waals surface area contributed by atoms with Crippen molar-refractivity contribution in [3.05, 3.63) is 91.9 Å². The highest BCUT2D eigenvalue weighted by atomic mass is 32.1. The van der Waals surface area contributed by atoms with Crippen molar-refractivity contribution in [1.29, 1.82) is 0 Å². The number of esters is 1. The van der Waals surface area contributed by atoms with E-state index in [0.717, 1.165) is 10.1 Å². The van der Waals surface area contributed by atoms with Crippen molar-refractivity contribution in [2.45, 2.75) is 13.5 Å². The zero-order chi connectivity index (χ0) is 22.8. The van der Waals surface area contributed by atoms with Gasteiger partial charge in [0.1, 0.15) is 11.2 Å². The Balaban J connectivity index is 1.78. The lowest BCUT2D eigenvalue weighted by molar-refractivity contribution is -0.116. The lowest BCUT2D eigenvalue weighted by Gasteiger charge is -2.14. The summed E-state index contributed by atoms with van der Waals surface area (Å²) in [4.78, 5) is 51.2. The second-order valence-electron chi connectivity index (χ2n) is 7.02. The van der Waals surface area contributed by atoms with E-state index in [1.807, 2.05) is 6.07 Å². The number of nitrogens with one attached hydrogen (secondary N) is 1. The molecule has 2 aromatic carbocycles. The molecule has 0 bridgehead atoms. The second-order valence-corrected chi connectivity index (χ2v) is 7.93. The first-order valence-corrected chi connectivity index (χ1v) is 10.6. The van der Waals surface area contributed by atoms with E-state index >= 15 is 0 Å². The highest BCUT2D eigenvalue weighted by Crippen LogP contribution is 2.19. The molecule has 1 N–H and O–H groups in total. The van der Waals surface area contributed by atoms with E-state index in [1.165, 1.54) is 29.1 Å². The minimum atomic E-state index is -0.619. The summed E-state index contributed by atoms with van der Waals surface area (Å²) in [7, 11) is 1.25. The molecule has 2 aromatic heterocycles. The number of hydrogen-bond acceptors (Lipinski definition) is 6. The van der Waals surface area contributed by atoms with Gasteiger partial charge in [0, 0.05) is 0 Å². The quantitative estimate of drug-likeness (QED) is 0.472. The number of benzene rings is 2. The molecule has 2 heterocycles. The molecule has 0 aliphatic rings. The summed E-state index contributed by atoms with van der Waals surface area (Å²) < 4.78 is 7.47. The average molecular weight is 449 g/mol. The first-order chi connectivity index (χ1) is 15.4. The van der Waals surface area contributed by atoms with Crippen molar-refractivity contribution in [1.82, 2.24) is 9.13 Å². The molecule has 0 saturated heterocycles. The Kier molecular flexibility index (Phi) is 5.74. The molecule has 8 nitrogen and oxygen atoms in total. The molecule has 162 valence electrons. The molecule has 32 heavy (non-hydrogen) atoms. The van der Waals surface area contributed by atoms with E-state index in [4.69, 9.17) is 4.74 Å². The number of hydrogen-bond donors (Lipinski definition) is 1. The minimum absolute atomic E-state index is 0.196. The Morgan fingerprint density at radius 2 is 1.75 bits per heavy atom. The Morgan fingerprint density at radius 1 is 1.03 bits per heavy atom. The highest BCUT2D eigenvalue weighted by molar-refractivity contribution is 7.17. The molecule has 0 atom stereocenters. The molecule has 0 spiro atoms. The van der Waals surface area contributed by atoms with Gasteiger partial charge in [-0.1, -0.05) is 30.3 Å². The Morgan fingerprint density at radius 3 is 2.50 bits per heavy atom. The topological polar surface area (TPSA) is 99.4 Å². The average Bonchev–Trinajstić information content (AvgIpc) is 3.28. The van der Waals surface area contributed by atoms with Crippen LogP contribution in [-0.2, 0) is 16.1 Å². The Labute approximate surface area is 186 Å². The number of methoxy groups -OCH3 is 1. The molecule has 9 heteroatoms. The molecule has 0 unspecified atom stereocenters. The first kappa shape index (κ1) is 21.3. The fourth-order valence-electron chi connectivity index (χ4n) is 3.48. The Bertz CT molecular complexity index is 1460. The summed E-state index contributed by atoms with van der Waals surface area (Å²) in [6.07, 6.45) is 0. The fourth-order valence-corrected chi connectivity index (χ4v) is 4.30. The molecular weight excluding hydrogens is 430 g/mol. The van der Waals surface area contributed by atoms with Crippen LogP contribution >= 0.6 is 11.3 Å². The van der Waals surface area contributed by atoms with Gasteiger partial charge in [-0.25, -0.2) is 14.2 Å². The SMILES string of the molecule is COC(=O)c1ccccc1NC(=O)Cn1c(=O)n(-c2ccccc2C)c(=O)c2sccc21. The predicted octanol–water partition coefficient (Wildman–Crippen LogP) is 2.95. The van der Waals surface area contributed by atoms with Crippen LogP contribution in [0.2, 0.25) is 0 Å². The number of aryl methyl sites for hydroxylation is 1. The maximum absolute atomic E-state index is 13.3. The monoisotopic (exact) mass is 449 g/mol. The van der Waals surface area contributed by atoms with Gasteiger partial charge in [0.2, 0.25) is 5.91 Å². The van der Waals surface area contributed by atoms with Gasteiger partial charge in [-0.2, -0.15) is 0 Å². The fraction of sp³-hybridized carbons (Fsp3) is 0.130. The number of carbonyl (C=O) groups is 2. The number of carbonyl (C=O) groups excluding carboxylic acids is 2. The number of anilines is 1. The molecule has 1 amide bonds. The molecule has 0 aliphatic carbocycles. The van der Waals surface area contributed by atoms with Gasteiger partial charge in [-0.3, -0.25) is 14.2 Å². The van der Waals surface area contributed by atoms with Crippen molar-refractivity contribution in [3.8, 4) is 5.69 Å². The van der Waals surface area contributed by atoms with Crippen molar-refractivity contribution in [2.75, 3.05) is 12.4 Å². The van der Waals surface area contributed by atoms with Crippen molar-refractivity contribution >= 4 is 39.1 Å². The second kappa shape index (κ2) is 8.64. The van der Waals surface area contributed by atoms with Gasteiger partial charge in [0.25, 0.3) is 5.56 Å². The van der Waals surface area contributed by atoms with Gasteiger partial charge >= 0.3 is 11.7 Å². The summed E-state index contributed by atoms with van der Waals surface area (Å²) in [6.45, 7) is 1.47. The van der Waals surface area contributed by atoms with Gasteiger partial charge in [0.15, 0.2) is 0 Å². The molecule has 0 saturated carbocycles. The normalized spacial score (nSPS) is 10.8. The van der Waals surface area contributed by atoms with Gasteiger partial charge in [-0.15, -0.1) is 11.3 Å². The van der Waals surface area contributed by atoms with E-state index in [0.29, 0.717) is 15.9 Å². The van der Waals surface area contributed by atoms with Crippen LogP contribution in [0, 0.1) is 6.92 Å². The third kappa shape index (κ3) is 3.74. The van der Waals surface area contributed by atoms with Crippen LogP contribution in [0.15, 0.2) is 69.6 Å². The molecule has 0 fully saturated rings. The summed E-state index contributed by atoms with van der Waals surface area (Å²) >= 11 is 1.21. The highest BCUT2D eigenvalue weighted by Gasteiger charge is 2.19. The van der Waals surface area contributed by atoms with Crippen LogP contribution in [0.4, 0.5) is 5.69 Å². The van der Waals surface area contributed by atoms with Crippen molar-refractivity contribution in [3.63, 3.8) is 0 Å². The molecular formula is C23H19N3O5S. The summed E-state index contributed by atoms with van der Waals surface area (Å²) in [6, 6.07) is 15.1. The maximum Gasteiger partial charge on any atom is 0.339 e. The lowest BCUT2D eigenvalue weighted by atomic mass is 10.2. The van der Waals surface area contributed by atoms with E-state index in [9.17, 15) is 19.2 Å². The van der Waals surface area contributed by atoms with E-state index in [2.05, 4.69) is 5.32 Å². The number of aromatic nitrogens is 2. The van der Waals surface area contributed by atoms with Crippen LogP contribution in [-0.4, -0.2) is 28.1 Å². The van der Waals surface area contributed by atoms with Crippen LogP contribution in [0.1, 0.15) is 15.9 Å². The number of para-hydroxylation sites is 2. The standard InChI is InChI=1S/C23H19N3O5S/c1-14-7-3-6-10-17(14)26-21(28)20-18(11-12-32-20)25(23(26)30)13-19(27)24-16-9-5-4-8-15(16)22(29)31-2/h3-12H,13H2,1-2H3,(H,24,27). The van der Waals surface area contributed by atoms with E-state index in [-0.39, 0.29) is 17.8 Å². The number of fused-ring (bicyclic) bond motifs is 1. The molecule has 4 aromatic rings. The summed E-state index contributed by atoms with van der Waals surface area (Å²) in [5.74, 6) is -1.11. The van der Waals surface area contributed by atoms with E-state index in [1.54, 1.807) is 54.8 Å². The van der Waals surface area contributed by atoms with Crippen molar-refractivity contribution in [2.24, 2.45) is 0 Å². The predicted molar refractivity (Wildman–Crippen MR) is 123 cm³/mol. The first-order valence-electron chi connectivity index (χ1n) is 9.68. The molecule has 0 aliphatic heterocycles. The van der Waals surface area contributed by atoms with Crippen molar-refractivity contribution < 1.29 is 14.3 Å². The third-order valence-corrected chi connectivity index (χ3v) is 5.91. The zero-order valence-corrected chi connectivity index (χ0v) is 18.1. The van der Waals surface area contributed by atoms with Crippen LogP contribution in [0.5, 0.6) is 0 Å². The Hall–Kier alpha value is -3.98. The molecule has 4 rings (SSSR count). The maximum atomic E-state index is 13.3. The summed E-state index contributed by atoms with van der Waals surface area (Å²) in [5, 5.41) is 4.36. The molecule has 0 radical (unpaired) electrons.